The molecule has 1 heterocycles. The Morgan fingerprint density at radius 3 is 2.65 bits per heavy atom. The second kappa shape index (κ2) is 7.76. The van der Waals surface area contributed by atoms with Gasteiger partial charge in [0, 0.05) is 23.6 Å². The van der Waals surface area contributed by atoms with Crippen molar-refractivity contribution in [3.63, 3.8) is 0 Å². The lowest BCUT2D eigenvalue weighted by Crippen LogP contribution is -2.45. The van der Waals surface area contributed by atoms with Crippen molar-refractivity contribution >= 4 is 21.8 Å². The maximum absolute atomic E-state index is 12.0. The summed E-state index contributed by atoms with van der Waals surface area (Å²) in [6, 6.07) is 8.35. The molecule has 1 amide bonds. The number of carbonyl (C=O) groups excluding carboxylic acids is 1. The van der Waals surface area contributed by atoms with E-state index in [9.17, 15) is 4.79 Å². The van der Waals surface area contributed by atoms with Crippen molar-refractivity contribution in [1.29, 1.82) is 0 Å². The van der Waals surface area contributed by atoms with Gasteiger partial charge in [-0.3, -0.25) is 9.69 Å². The Morgan fingerprint density at radius 2 is 2.00 bits per heavy atom. The van der Waals surface area contributed by atoms with Gasteiger partial charge in [0.15, 0.2) is 0 Å². The Bertz CT molecular complexity index is 430. The molecule has 0 unspecified atom stereocenters. The van der Waals surface area contributed by atoms with Crippen LogP contribution in [-0.4, -0.2) is 49.7 Å². The van der Waals surface area contributed by atoms with Crippen LogP contribution >= 0.6 is 15.9 Å². The second-order valence-corrected chi connectivity index (χ2v) is 6.10. The van der Waals surface area contributed by atoms with Gasteiger partial charge in [-0.15, -0.1) is 0 Å². The number of hydrogen-bond acceptors (Lipinski definition) is 3. The molecule has 1 aliphatic heterocycles. The van der Waals surface area contributed by atoms with Crippen molar-refractivity contribution in [2.75, 3.05) is 32.8 Å². The molecule has 1 aromatic rings. The van der Waals surface area contributed by atoms with Gasteiger partial charge < -0.3 is 10.1 Å². The van der Waals surface area contributed by atoms with Crippen molar-refractivity contribution < 1.29 is 9.53 Å². The molecule has 1 fully saturated rings. The number of carbonyl (C=O) groups is 1. The van der Waals surface area contributed by atoms with Gasteiger partial charge in [-0.05, 0) is 31.0 Å². The average Bonchev–Trinajstić information content (AvgIpc) is 2.42. The lowest BCUT2D eigenvalue weighted by atomic mass is 10.1. The van der Waals surface area contributed by atoms with Crippen molar-refractivity contribution in [2.24, 2.45) is 0 Å². The number of morpholine rings is 1. The highest BCUT2D eigenvalue weighted by Gasteiger charge is 2.15. The van der Waals surface area contributed by atoms with E-state index in [0.717, 1.165) is 37.2 Å². The quantitative estimate of drug-likeness (QED) is 0.889. The van der Waals surface area contributed by atoms with Crippen molar-refractivity contribution in [3.8, 4) is 0 Å². The normalized spacial score (nSPS) is 17.7. The minimum atomic E-state index is 0.0940. The van der Waals surface area contributed by atoms with E-state index in [4.69, 9.17) is 4.74 Å². The molecule has 0 saturated carbocycles. The van der Waals surface area contributed by atoms with Crippen LogP contribution in [0.3, 0.4) is 0 Å². The molecule has 1 atom stereocenters. The standard InChI is InChI=1S/C15H21BrN2O2/c1-12(10-13-2-4-14(16)5-3-13)17-15(19)11-18-6-8-20-9-7-18/h2-5,12H,6-11H2,1H3,(H,17,19)/t12-/m0/s1. The van der Waals surface area contributed by atoms with E-state index in [0.29, 0.717) is 6.54 Å². The first-order valence-corrected chi connectivity index (χ1v) is 7.76. The van der Waals surface area contributed by atoms with E-state index in [-0.39, 0.29) is 11.9 Å². The number of amides is 1. The zero-order chi connectivity index (χ0) is 14.4. The van der Waals surface area contributed by atoms with E-state index in [2.05, 4.69) is 38.3 Å². The van der Waals surface area contributed by atoms with Gasteiger partial charge in [0.2, 0.25) is 5.91 Å². The van der Waals surface area contributed by atoms with Gasteiger partial charge in [0.05, 0.1) is 19.8 Å². The van der Waals surface area contributed by atoms with Crippen LogP contribution in [0.5, 0.6) is 0 Å². The summed E-state index contributed by atoms with van der Waals surface area (Å²) in [6.45, 7) is 5.64. The molecule has 4 nitrogen and oxygen atoms in total. The van der Waals surface area contributed by atoms with Crippen LogP contribution in [0.15, 0.2) is 28.7 Å². The third-order valence-corrected chi connectivity index (χ3v) is 3.86. The lowest BCUT2D eigenvalue weighted by molar-refractivity contribution is -0.123. The molecule has 0 aromatic heterocycles. The second-order valence-electron chi connectivity index (χ2n) is 5.19. The summed E-state index contributed by atoms with van der Waals surface area (Å²) in [7, 11) is 0. The monoisotopic (exact) mass is 340 g/mol. The molecule has 110 valence electrons. The first-order valence-electron chi connectivity index (χ1n) is 6.97. The fraction of sp³-hybridized carbons (Fsp3) is 0.533. The van der Waals surface area contributed by atoms with E-state index < -0.39 is 0 Å². The Labute approximate surface area is 128 Å². The minimum absolute atomic E-state index is 0.0940. The minimum Gasteiger partial charge on any atom is -0.379 e. The first-order chi connectivity index (χ1) is 9.63. The van der Waals surface area contributed by atoms with Crippen molar-refractivity contribution in [1.82, 2.24) is 10.2 Å². The molecule has 0 radical (unpaired) electrons. The van der Waals surface area contributed by atoms with Gasteiger partial charge in [-0.1, -0.05) is 28.1 Å². The highest BCUT2D eigenvalue weighted by Crippen LogP contribution is 2.11. The fourth-order valence-corrected chi connectivity index (χ4v) is 2.57. The van der Waals surface area contributed by atoms with Crippen LogP contribution in [0.1, 0.15) is 12.5 Å². The third-order valence-electron chi connectivity index (χ3n) is 3.33. The Hall–Kier alpha value is -0.910. The molecule has 1 aliphatic rings. The maximum atomic E-state index is 12.0. The van der Waals surface area contributed by atoms with Crippen molar-refractivity contribution in [2.45, 2.75) is 19.4 Å². The molecule has 20 heavy (non-hydrogen) atoms. The smallest absolute Gasteiger partial charge is 0.234 e. The summed E-state index contributed by atoms with van der Waals surface area (Å²) in [5.41, 5.74) is 1.23. The zero-order valence-corrected chi connectivity index (χ0v) is 13.4. The first kappa shape index (κ1) is 15.5. The third kappa shape index (κ3) is 5.23. The molecule has 0 spiro atoms. The van der Waals surface area contributed by atoms with Gasteiger partial charge in [0.1, 0.15) is 0 Å². The Morgan fingerprint density at radius 1 is 1.35 bits per heavy atom. The van der Waals surface area contributed by atoms with Crippen molar-refractivity contribution in [3.05, 3.63) is 34.3 Å². The van der Waals surface area contributed by atoms with E-state index in [1.54, 1.807) is 0 Å². The summed E-state index contributed by atoms with van der Waals surface area (Å²) < 4.78 is 6.35. The molecular weight excluding hydrogens is 320 g/mol. The molecule has 1 N–H and O–H groups in total. The molecule has 0 aliphatic carbocycles. The predicted molar refractivity (Wildman–Crippen MR) is 82.7 cm³/mol. The summed E-state index contributed by atoms with van der Waals surface area (Å²) in [4.78, 5) is 14.1. The topological polar surface area (TPSA) is 41.6 Å². The van der Waals surface area contributed by atoms with Gasteiger partial charge in [-0.2, -0.15) is 0 Å². The Balaban J connectivity index is 1.74. The molecule has 1 saturated heterocycles. The van der Waals surface area contributed by atoms with Crippen LogP contribution in [0.25, 0.3) is 0 Å². The number of nitrogens with one attached hydrogen (secondary N) is 1. The van der Waals surface area contributed by atoms with E-state index >= 15 is 0 Å². The summed E-state index contributed by atoms with van der Waals surface area (Å²) >= 11 is 3.42. The Kier molecular flexibility index (Phi) is 6.01. The van der Waals surface area contributed by atoms with Crippen LogP contribution in [0, 0.1) is 0 Å². The van der Waals surface area contributed by atoms with Crippen LogP contribution in [-0.2, 0) is 16.0 Å². The largest absolute Gasteiger partial charge is 0.379 e. The predicted octanol–water partition coefficient (Wildman–Crippen LogP) is 1.83. The highest BCUT2D eigenvalue weighted by molar-refractivity contribution is 9.10. The van der Waals surface area contributed by atoms with Crippen LogP contribution in [0.2, 0.25) is 0 Å². The maximum Gasteiger partial charge on any atom is 0.234 e. The highest BCUT2D eigenvalue weighted by atomic mass is 79.9. The zero-order valence-electron chi connectivity index (χ0n) is 11.8. The number of hydrogen-bond donors (Lipinski definition) is 1. The van der Waals surface area contributed by atoms with Gasteiger partial charge in [-0.25, -0.2) is 0 Å². The number of benzene rings is 1. The number of ether oxygens (including phenoxy) is 1. The van der Waals surface area contributed by atoms with E-state index in [1.807, 2.05) is 19.1 Å². The van der Waals surface area contributed by atoms with Gasteiger partial charge in [0.25, 0.3) is 0 Å². The van der Waals surface area contributed by atoms with Gasteiger partial charge >= 0.3 is 0 Å². The fourth-order valence-electron chi connectivity index (χ4n) is 2.31. The average molecular weight is 341 g/mol. The molecule has 0 bridgehead atoms. The number of nitrogens with zero attached hydrogens (tertiary/aromatic N) is 1. The summed E-state index contributed by atoms with van der Waals surface area (Å²) in [5, 5.41) is 3.06. The van der Waals surface area contributed by atoms with Crippen LogP contribution < -0.4 is 5.32 Å². The number of rotatable bonds is 5. The lowest BCUT2D eigenvalue weighted by Gasteiger charge is -2.26. The SMILES string of the molecule is C[C@@H](Cc1ccc(Br)cc1)NC(=O)CN1CCOCC1. The molecule has 5 heteroatoms. The summed E-state index contributed by atoms with van der Waals surface area (Å²) in [5.74, 6) is 0.0940. The summed E-state index contributed by atoms with van der Waals surface area (Å²) in [6.07, 6.45) is 0.849. The molecule has 1 aromatic carbocycles. The van der Waals surface area contributed by atoms with Crippen LogP contribution in [0.4, 0.5) is 0 Å². The molecule has 2 rings (SSSR count). The number of halogens is 1. The van der Waals surface area contributed by atoms with E-state index in [1.165, 1.54) is 5.56 Å². The molecular formula is C15H21BrN2O2.